The van der Waals surface area contributed by atoms with E-state index in [2.05, 4.69) is 22.5 Å². The Kier molecular flexibility index (Phi) is 4.32. The second kappa shape index (κ2) is 5.54. The number of nitrogens with zero attached hydrogens (tertiary/aromatic N) is 1. The molecule has 0 spiro atoms. The lowest BCUT2D eigenvalue weighted by Crippen LogP contribution is -2.15. The Morgan fingerprint density at radius 2 is 2.29 bits per heavy atom. The van der Waals surface area contributed by atoms with Crippen molar-refractivity contribution in [3.8, 4) is 0 Å². The molecule has 0 aliphatic rings. The predicted octanol–water partition coefficient (Wildman–Crippen LogP) is 1.76. The molecule has 0 atom stereocenters. The topological polar surface area (TPSA) is 37.0 Å². The van der Waals surface area contributed by atoms with Crippen LogP contribution in [0.2, 0.25) is 0 Å². The molecule has 0 saturated carbocycles. The quantitative estimate of drug-likeness (QED) is 0.706. The van der Waals surface area contributed by atoms with Gasteiger partial charge >= 0.3 is 0 Å². The molecule has 14 heavy (non-hydrogen) atoms. The van der Waals surface area contributed by atoms with Crippen molar-refractivity contribution in [3.05, 3.63) is 23.6 Å². The van der Waals surface area contributed by atoms with Gasteiger partial charge in [-0.05, 0) is 19.0 Å². The second-order valence-corrected chi connectivity index (χ2v) is 3.06. The van der Waals surface area contributed by atoms with Gasteiger partial charge in [0.25, 0.3) is 0 Å². The third-order valence-electron chi connectivity index (χ3n) is 1.95. The molecule has 1 aromatic rings. The molecule has 1 heterocycles. The summed E-state index contributed by atoms with van der Waals surface area (Å²) in [4.78, 5) is 3.87. The summed E-state index contributed by atoms with van der Waals surface area (Å²) >= 11 is 0. The summed E-state index contributed by atoms with van der Waals surface area (Å²) in [6.07, 6.45) is 2.66. The van der Waals surface area contributed by atoms with Crippen molar-refractivity contribution < 1.29 is 4.39 Å². The first-order valence-corrected chi connectivity index (χ1v) is 4.81. The Hall–Kier alpha value is -1.16. The third kappa shape index (κ3) is 2.67. The van der Waals surface area contributed by atoms with Crippen LogP contribution in [0.5, 0.6) is 0 Å². The number of rotatable bonds is 5. The summed E-state index contributed by atoms with van der Waals surface area (Å²) < 4.78 is 13.5. The van der Waals surface area contributed by atoms with Gasteiger partial charge < -0.3 is 10.6 Å². The van der Waals surface area contributed by atoms with Gasteiger partial charge in [-0.25, -0.2) is 9.37 Å². The Morgan fingerprint density at radius 1 is 1.50 bits per heavy atom. The van der Waals surface area contributed by atoms with Crippen LogP contribution in [-0.2, 0) is 6.54 Å². The highest BCUT2D eigenvalue weighted by Gasteiger charge is 2.06. The highest BCUT2D eigenvalue weighted by atomic mass is 19.1. The summed E-state index contributed by atoms with van der Waals surface area (Å²) in [7, 11) is 1.66. The van der Waals surface area contributed by atoms with Crippen LogP contribution in [0.25, 0.3) is 0 Å². The molecule has 0 fully saturated rings. The number of pyridine rings is 1. The number of anilines is 1. The minimum atomic E-state index is -0.265. The SMILES string of the molecule is CCCNCc1ccnc(NC)c1F. The molecule has 0 amide bonds. The molecule has 1 aromatic heterocycles. The average Bonchev–Trinajstić information content (AvgIpc) is 2.21. The Labute approximate surface area is 83.7 Å². The van der Waals surface area contributed by atoms with Crippen LogP contribution >= 0.6 is 0 Å². The van der Waals surface area contributed by atoms with Gasteiger partial charge in [-0.15, -0.1) is 0 Å². The largest absolute Gasteiger partial charge is 0.371 e. The number of hydrogen-bond donors (Lipinski definition) is 2. The average molecular weight is 197 g/mol. The van der Waals surface area contributed by atoms with Crippen LogP contribution < -0.4 is 10.6 Å². The third-order valence-corrected chi connectivity index (χ3v) is 1.95. The molecule has 78 valence electrons. The zero-order valence-corrected chi connectivity index (χ0v) is 8.60. The Balaban J connectivity index is 2.66. The lowest BCUT2D eigenvalue weighted by atomic mass is 10.2. The minimum Gasteiger partial charge on any atom is -0.371 e. The summed E-state index contributed by atoms with van der Waals surface area (Å²) in [5.41, 5.74) is 0.651. The van der Waals surface area contributed by atoms with E-state index in [1.54, 1.807) is 19.3 Å². The first-order valence-electron chi connectivity index (χ1n) is 4.81. The first kappa shape index (κ1) is 10.9. The van der Waals surface area contributed by atoms with Crippen LogP contribution in [0, 0.1) is 5.82 Å². The normalized spacial score (nSPS) is 10.2. The molecule has 0 unspecified atom stereocenters. The van der Waals surface area contributed by atoms with E-state index in [-0.39, 0.29) is 5.82 Å². The molecule has 3 nitrogen and oxygen atoms in total. The van der Waals surface area contributed by atoms with Gasteiger partial charge in [0.15, 0.2) is 11.6 Å². The summed E-state index contributed by atoms with van der Waals surface area (Å²) in [5.74, 6) is 0.0411. The van der Waals surface area contributed by atoms with Gasteiger partial charge in [0, 0.05) is 25.4 Å². The fourth-order valence-corrected chi connectivity index (χ4v) is 1.19. The van der Waals surface area contributed by atoms with Crippen molar-refractivity contribution in [3.63, 3.8) is 0 Å². The number of aromatic nitrogens is 1. The Morgan fingerprint density at radius 3 is 2.93 bits per heavy atom. The summed E-state index contributed by atoms with van der Waals surface area (Å²) in [5, 5.41) is 5.86. The van der Waals surface area contributed by atoms with Crippen molar-refractivity contribution in [2.45, 2.75) is 19.9 Å². The standard InChI is InChI=1S/C10H16FN3/c1-3-5-13-7-8-4-6-14-10(12-2)9(8)11/h4,6,13H,3,5,7H2,1-2H3,(H,12,14). The predicted molar refractivity (Wildman–Crippen MR) is 55.7 cm³/mol. The van der Waals surface area contributed by atoms with Gasteiger partial charge in [-0.1, -0.05) is 6.92 Å². The van der Waals surface area contributed by atoms with Crippen LogP contribution in [-0.4, -0.2) is 18.6 Å². The smallest absolute Gasteiger partial charge is 0.169 e. The molecular weight excluding hydrogens is 181 g/mol. The summed E-state index contributed by atoms with van der Waals surface area (Å²) in [6.45, 7) is 3.53. The zero-order valence-electron chi connectivity index (χ0n) is 8.60. The van der Waals surface area contributed by atoms with Crippen LogP contribution in [0.15, 0.2) is 12.3 Å². The van der Waals surface area contributed by atoms with E-state index in [0.717, 1.165) is 13.0 Å². The molecule has 0 radical (unpaired) electrons. The van der Waals surface area contributed by atoms with Gasteiger partial charge in [0.05, 0.1) is 0 Å². The van der Waals surface area contributed by atoms with Crippen molar-refractivity contribution in [1.82, 2.24) is 10.3 Å². The van der Waals surface area contributed by atoms with Gasteiger partial charge in [0.2, 0.25) is 0 Å². The molecule has 0 bridgehead atoms. The lowest BCUT2D eigenvalue weighted by Gasteiger charge is -2.07. The van der Waals surface area contributed by atoms with Crippen molar-refractivity contribution in [2.75, 3.05) is 18.9 Å². The molecule has 0 aliphatic carbocycles. The van der Waals surface area contributed by atoms with E-state index in [1.165, 1.54) is 0 Å². The molecule has 2 N–H and O–H groups in total. The van der Waals surface area contributed by atoms with E-state index >= 15 is 0 Å². The van der Waals surface area contributed by atoms with Crippen molar-refractivity contribution in [1.29, 1.82) is 0 Å². The monoisotopic (exact) mass is 197 g/mol. The van der Waals surface area contributed by atoms with E-state index in [4.69, 9.17) is 0 Å². The molecule has 4 heteroatoms. The molecule has 0 aromatic carbocycles. The molecule has 1 rings (SSSR count). The fraction of sp³-hybridized carbons (Fsp3) is 0.500. The van der Waals surface area contributed by atoms with Crippen LogP contribution in [0.3, 0.4) is 0 Å². The second-order valence-electron chi connectivity index (χ2n) is 3.06. The summed E-state index contributed by atoms with van der Waals surface area (Å²) in [6, 6.07) is 1.69. The van der Waals surface area contributed by atoms with E-state index in [1.807, 2.05) is 0 Å². The number of halogens is 1. The van der Waals surface area contributed by atoms with Crippen molar-refractivity contribution in [2.24, 2.45) is 0 Å². The lowest BCUT2D eigenvalue weighted by molar-refractivity contribution is 0.585. The first-order chi connectivity index (χ1) is 6.79. The van der Waals surface area contributed by atoms with Gasteiger partial charge in [-0.3, -0.25) is 0 Å². The maximum atomic E-state index is 13.5. The van der Waals surface area contributed by atoms with E-state index in [9.17, 15) is 4.39 Å². The fourth-order valence-electron chi connectivity index (χ4n) is 1.19. The van der Waals surface area contributed by atoms with E-state index < -0.39 is 0 Å². The molecule has 0 saturated heterocycles. The number of hydrogen-bond acceptors (Lipinski definition) is 3. The maximum Gasteiger partial charge on any atom is 0.169 e. The van der Waals surface area contributed by atoms with Crippen LogP contribution in [0.4, 0.5) is 10.2 Å². The van der Waals surface area contributed by atoms with Gasteiger partial charge in [-0.2, -0.15) is 0 Å². The Bertz CT molecular complexity index is 289. The molecule has 0 aliphatic heterocycles. The highest BCUT2D eigenvalue weighted by Crippen LogP contribution is 2.13. The van der Waals surface area contributed by atoms with Crippen molar-refractivity contribution >= 4 is 5.82 Å². The minimum absolute atomic E-state index is 0.265. The maximum absolute atomic E-state index is 13.5. The van der Waals surface area contributed by atoms with Gasteiger partial charge in [0.1, 0.15) is 0 Å². The van der Waals surface area contributed by atoms with E-state index in [0.29, 0.717) is 17.9 Å². The van der Waals surface area contributed by atoms with Crippen LogP contribution in [0.1, 0.15) is 18.9 Å². The highest BCUT2D eigenvalue weighted by molar-refractivity contribution is 5.38. The molecular formula is C10H16FN3. The number of nitrogens with one attached hydrogen (secondary N) is 2. The zero-order chi connectivity index (χ0) is 10.4.